The lowest BCUT2D eigenvalue weighted by Crippen LogP contribution is -2.52. The third-order valence-electron chi connectivity index (χ3n) is 6.06. The van der Waals surface area contributed by atoms with E-state index in [9.17, 15) is 13.2 Å². The third kappa shape index (κ3) is 5.17. The second-order valence-corrected chi connectivity index (χ2v) is 10.0. The molecular weight excluding hydrogens is 388 g/mol. The van der Waals surface area contributed by atoms with Crippen LogP contribution in [0.2, 0.25) is 0 Å². The van der Waals surface area contributed by atoms with Crippen molar-refractivity contribution in [1.82, 2.24) is 19.4 Å². The molecule has 0 bridgehead atoms. The Labute approximate surface area is 175 Å². The van der Waals surface area contributed by atoms with Crippen LogP contribution < -0.4 is 5.32 Å². The van der Waals surface area contributed by atoms with Crippen LogP contribution in [0.15, 0.2) is 23.1 Å². The number of likely N-dealkylation sites (tertiary alicyclic amines) is 1. The van der Waals surface area contributed by atoms with Crippen LogP contribution in [0.1, 0.15) is 30.9 Å². The summed E-state index contributed by atoms with van der Waals surface area (Å²) in [6.45, 7) is 10.7. The topological polar surface area (TPSA) is 73.0 Å². The largest absolute Gasteiger partial charge is 0.339 e. The molecule has 1 aromatic rings. The predicted octanol–water partition coefficient (Wildman–Crippen LogP) is 1.21. The summed E-state index contributed by atoms with van der Waals surface area (Å²) in [6.07, 6.45) is 2.04. The van der Waals surface area contributed by atoms with Crippen molar-refractivity contribution in [3.8, 4) is 0 Å². The Kier molecular flexibility index (Phi) is 7.32. The van der Waals surface area contributed by atoms with Crippen LogP contribution in [0.25, 0.3) is 0 Å². The van der Waals surface area contributed by atoms with E-state index in [0.29, 0.717) is 30.1 Å². The lowest BCUT2D eigenvalue weighted by molar-refractivity contribution is -0.132. The molecule has 2 fully saturated rings. The van der Waals surface area contributed by atoms with Crippen LogP contribution in [0, 0.1) is 13.8 Å². The maximum Gasteiger partial charge on any atom is 0.243 e. The first-order valence-corrected chi connectivity index (χ1v) is 12.1. The molecule has 0 saturated carbocycles. The fraction of sp³-hybridized carbons (Fsp3) is 0.667. The number of hydrogen-bond acceptors (Lipinski definition) is 5. The number of piperazine rings is 1. The highest BCUT2D eigenvalue weighted by Gasteiger charge is 2.34. The van der Waals surface area contributed by atoms with Gasteiger partial charge in [0.15, 0.2) is 0 Å². The monoisotopic (exact) mass is 422 g/mol. The van der Waals surface area contributed by atoms with Crippen LogP contribution in [-0.2, 0) is 14.8 Å². The highest BCUT2D eigenvalue weighted by Crippen LogP contribution is 2.25. The van der Waals surface area contributed by atoms with E-state index in [1.54, 1.807) is 11.0 Å². The summed E-state index contributed by atoms with van der Waals surface area (Å²) in [4.78, 5) is 17.3. The summed E-state index contributed by atoms with van der Waals surface area (Å²) in [6, 6.07) is 5.64. The normalized spacial score (nSPS) is 21.1. The molecule has 0 radical (unpaired) electrons. The predicted molar refractivity (Wildman–Crippen MR) is 114 cm³/mol. The first kappa shape index (κ1) is 22.2. The van der Waals surface area contributed by atoms with E-state index in [1.165, 1.54) is 4.31 Å². The Bertz CT molecular complexity index is 821. The standard InChI is InChI=1S/C21H34N4O3S/c1-4-23-11-5-6-19(23)15-25(16-21(26)24-12-9-22-10-13-24)29(27,28)20-14-17(2)7-8-18(20)3/h7-8,14,19,22H,4-6,9-13,15-16H2,1-3H3/t19-/m0/s1. The fourth-order valence-electron chi connectivity index (χ4n) is 4.29. The minimum absolute atomic E-state index is 0.0935. The molecule has 0 aromatic heterocycles. The van der Waals surface area contributed by atoms with Gasteiger partial charge in [0.05, 0.1) is 11.4 Å². The summed E-state index contributed by atoms with van der Waals surface area (Å²) in [5.41, 5.74) is 1.62. The molecule has 8 heteroatoms. The molecule has 0 aliphatic carbocycles. The molecule has 29 heavy (non-hydrogen) atoms. The molecule has 162 valence electrons. The van der Waals surface area contributed by atoms with Gasteiger partial charge in [0.2, 0.25) is 15.9 Å². The zero-order valence-electron chi connectivity index (χ0n) is 17.9. The van der Waals surface area contributed by atoms with E-state index in [1.807, 2.05) is 26.0 Å². The minimum Gasteiger partial charge on any atom is -0.339 e. The van der Waals surface area contributed by atoms with E-state index < -0.39 is 10.0 Å². The van der Waals surface area contributed by atoms with E-state index in [0.717, 1.165) is 44.6 Å². The smallest absolute Gasteiger partial charge is 0.243 e. The quantitative estimate of drug-likeness (QED) is 0.715. The molecule has 2 aliphatic heterocycles. The lowest BCUT2D eigenvalue weighted by atomic mass is 10.2. The number of hydrogen-bond donors (Lipinski definition) is 1. The molecule has 0 unspecified atom stereocenters. The van der Waals surface area contributed by atoms with Gasteiger partial charge in [-0.1, -0.05) is 19.1 Å². The molecule has 2 saturated heterocycles. The van der Waals surface area contributed by atoms with Gasteiger partial charge < -0.3 is 10.2 Å². The van der Waals surface area contributed by atoms with Gasteiger partial charge in [-0.15, -0.1) is 0 Å². The molecule has 3 rings (SSSR count). The number of aryl methyl sites for hydroxylation is 2. The van der Waals surface area contributed by atoms with E-state index in [2.05, 4.69) is 17.1 Å². The fourth-order valence-corrected chi connectivity index (χ4v) is 6.03. The van der Waals surface area contributed by atoms with Gasteiger partial charge in [-0.2, -0.15) is 4.31 Å². The average Bonchev–Trinajstić information content (AvgIpc) is 3.17. The number of carbonyl (C=O) groups is 1. The summed E-state index contributed by atoms with van der Waals surface area (Å²) < 4.78 is 28.7. The van der Waals surface area contributed by atoms with Crippen molar-refractivity contribution in [1.29, 1.82) is 0 Å². The molecule has 1 aromatic carbocycles. The first-order chi connectivity index (χ1) is 13.8. The summed E-state index contributed by atoms with van der Waals surface area (Å²) in [7, 11) is -3.76. The first-order valence-electron chi connectivity index (χ1n) is 10.6. The zero-order valence-corrected chi connectivity index (χ0v) is 18.7. The van der Waals surface area contributed by atoms with Crippen LogP contribution in [0.3, 0.4) is 0 Å². The van der Waals surface area contributed by atoms with Crippen molar-refractivity contribution in [3.63, 3.8) is 0 Å². The van der Waals surface area contributed by atoms with Gasteiger partial charge in [-0.3, -0.25) is 9.69 Å². The lowest BCUT2D eigenvalue weighted by Gasteiger charge is -2.33. The van der Waals surface area contributed by atoms with Crippen molar-refractivity contribution < 1.29 is 13.2 Å². The SMILES string of the molecule is CCN1CCC[C@H]1CN(CC(=O)N1CCNCC1)S(=O)(=O)c1cc(C)ccc1C. The van der Waals surface area contributed by atoms with Gasteiger partial charge in [0.1, 0.15) is 0 Å². The number of likely N-dealkylation sites (N-methyl/N-ethyl adjacent to an activating group) is 1. The number of carbonyl (C=O) groups excluding carboxylic acids is 1. The average molecular weight is 423 g/mol. The number of rotatable bonds is 7. The number of sulfonamides is 1. The number of nitrogens with zero attached hydrogens (tertiary/aromatic N) is 3. The molecule has 2 aliphatic rings. The van der Waals surface area contributed by atoms with Crippen molar-refractivity contribution >= 4 is 15.9 Å². The van der Waals surface area contributed by atoms with Gasteiger partial charge in [-0.25, -0.2) is 8.42 Å². The maximum atomic E-state index is 13.6. The number of amides is 1. The van der Waals surface area contributed by atoms with Crippen LogP contribution in [-0.4, -0.2) is 86.8 Å². The van der Waals surface area contributed by atoms with Gasteiger partial charge in [0, 0.05) is 38.8 Å². The second kappa shape index (κ2) is 9.55. The Morgan fingerprint density at radius 3 is 2.62 bits per heavy atom. The summed E-state index contributed by atoms with van der Waals surface area (Å²) in [5, 5.41) is 3.23. The maximum absolute atomic E-state index is 13.6. The van der Waals surface area contributed by atoms with Crippen LogP contribution in [0.4, 0.5) is 0 Å². The highest BCUT2D eigenvalue weighted by molar-refractivity contribution is 7.89. The zero-order chi connectivity index (χ0) is 21.0. The van der Waals surface area contributed by atoms with Gasteiger partial charge in [-0.05, 0) is 57.0 Å². The van der Waals surface area contributed by atoms with E-state index in [-0.39, 0.29) is 18.5 Å². The molecule has 1 amide bonds. The molecule has 1 atom stereocenters. The molecule has 2 heterocycles. The Hall–Kier alpha value is -1.48. The van der Waals surface area contributed by atoms with Crippen LogP contribution in [0.5, 0.6) is 0 Å². The molecular formula is C21H34N4O3S. The summed E-state index contributed by atoms with van der Waals surface area (Å²) in [5.74, 6) is -0.110. The van der Waals surface area contributed by atoms with Gasteiger partial charge >= 0.3 is 0 Å². The van der Waals surface area contributed by atoms with Crippen LogP contribution >= 0.6 is 0 Å². The molecule has 0 spiro atoms. The second-order valence-electron chi connectivity index (χ2n) is 8.12. The van der Waals surface area contributed by atoms with E-state index in [4.69, 9.17) is 0 Å². The number of benzene rings is 1. The van der Waals surface area contributed by atoms with Crippen molar-refractivity contribution in [2.45, 2.75) is 44.6 Å². The molecule has 7 nitrogen and oxygen atoms in total. The molecule has 1 N–H and O–H groups in total. The minimum atomic E-state index is -3.76. The third-order valence-corrected chi connectivity index (χ3v) is 8.02. The Morgan fingerprint density at radius 1 is 1.21 bits per heavy atom. The highest BCUT2D eigenvalue weighted by atomic mass is 32.2. The van der Waals surface area contributed by atoms with Crippen molar-refractivity contribution in [2.75, 3.05) is 52.4 Å². The summed E-state index contributed by atoms with van der Waals surface area (Å²) >= 11 is 0. The van der Waals surface area contributed by atoms with E-state index >= 15 is 0 Å². The van der Waals surface area contributed by atoms with Crippen molar-refractivity contribution in [2.24, 2.45) is 0 Å². The van der Waals surface area contributed by atoms with Crippen molar-refractivity contribution in [3.05, 3.63) is 29.3 Å². The Morgan fingerprint density at radius 2 is 1.93 bits per heavy atom. The van der Waals surface area contributed by atoms with Gasteiger partial charge in [0.25, 0.3) is 0 Å². The number of nitrogens with one attached hydrogen (secondary N) is 1. The Balaban J connectivity index is 1.88.